The first-order valence-corrected chi connectivity index (χ1v) is 6.21. The normalized spacial score (nSPS) is 10.4. The molecule has 6 nitrogen and oxygen atoms in total. The highest BCUT2D eigenvalue weighted by Crippen LogP contribution is 1.97. The Balaban J connectivity index is 2.31. The Bertz CT molecular complexity index is 344. The molecule has 0 amide bonds. The second kappa shape index (κ2) is 8.73. The molecule has 0 saturated carbocycles. The maximum Gasteiger partial charge on any atom is 0.174 e. The molecule has 18 heavy (non-hydrogen) atoms. The number of nitrogens with one attached hydrogen (secondary N) is 2. The zero-order valence-electron chi connectivity index (χ0n) is 10.5. The van der Waals surface area contributed by atoms with Gasteiger partial charge in [0.15, 0.2) is 17.2 Å². The number of anilines is 1. The topological polar surface area (TPSA) is 68.3 Å². The molecule has 7 heteroatoms. The van der Waals surface area contributed by atoms with Crippen molar-refractivity contribution < 1.29 is 9.47 Å². The van der Waals surface area contributed by atoms with Gasteiger partial charge in [-0.25, -0.2) is 4.98 Å². The third-order valence-corrected chi connectivity index (χ3v) is 2.19. The van der Waals surface area contributed by atoms with Crippen LogP contribution in [0.1, 0.15) is 13.8 Å². The largest absolute Gasteiger partial charge is 0.357 e. The molecule has 0 spiro atoms. The zero-order chi connectivity index (χ0) is 13.2. The van der Waals surface area contributed by atoms with Gasteiger partial charge in [-0.1, -0.05) is 0 Å². The fourth-order valence-corrected chi connectivity index (χ4v) is 1.43. The lowest BCUT2D eigenvalue weighted by molar-refractivity contribution is -0.130. The lowest BCUT2D eigenvalue weighted by Crippen LogP contribution is -2.37. The fourth-order valence-electron chi connectivity index (χ4n) is 1.24. The summed E-state index contributed by atoms with van der Waals surface area (Å²) in [4.78, 5) is 7.98. The number of ether oxygens (including phenoxy) is 2. The molecule has 0 radical (unpaired) electrons. The Hall–Kier alpha value is -1.31. The molecule has 0 aliphatic rings. The van der Waals surface area contributed by atoms with Crippen LogP contribution in [0.3, 0.4) is 0 Å². The van der Waals surface area contributed by atoms with Crippen LogP contribution in [0, 0.1) is 0 Å². The van der Waals surface area contributed by atoms with Gasteiger partial charge in [-0.05, 0) is 26.1 Å². The minimum atomic E-state index is -0.304. The Morgan fingerprint density at radius 2 is 2.06 bits per heavy atom. The highest BCUT2D eigenvalue weighted by Gasteiger charge is 2.08. The number of aromatic nitrogens is 2. The molecule has 0 aliphatic heterocycles. The van der Waals surface area contributed by atoms with Gasteiger partial charge in [-0.15, -0.1) is 0 Å². The average Bonchev–Trinajstić information content (AvgIpc) is 2.38. The van der Waals surface area contributed by atoms with E-state index in [9.17, 15) is 0 Å². The maximum atomic E-state index is 5.38. The van der Waals surface area contributed by atoms with E-state index < -0.39 is 0 Å². The molecule has 0 atom stereocenters. The van der Waals surface area contributed by atoms with E-state index in [0.717, 1.165) is 0 Å². The summed E-state index contributed by atoms with van der Waals surface area (Å²) in [7, 11) is 0. The summed E-state index contributed by atoms with van der Waals surface area (Å²) in [6.45, 7) is 5.51. The standard InChI is InChI=1S/C11H18N4O2S/c1-3-16-10(17-4-2)8-14-11(18)15-9-7-12-5-6-13-9/h5-7,10H,3-4,8H2,1-2H3,(H2,13,14,15,18). The highest BCUT2D eigenvalue weighted by atomic mass is 32.1. The molecular weight excluding hydrogens is 252 g/mol. The Kier molecular flexibility index (Phi) is 7.16. The Morgan fingerprint density at radius 1 is 1.33 bits per heavy atom. The van der Waals surface area contributed by atoms with Crippen LogP contribution in [0.2, 0.25) is 0 Å². The van der Waals surface area contributed by atoms with Crippen LogP contribution in [0.5, 0.6) is 0 Å². The lowest BCUT2D eigenvalue weighted by atomic mass is 10.6. The second-order valence-electron chi connectivity index (χ2n) is 3.27. The Labute approximate surface area is 112 Å². The van der Waals surface area contributed by atoms with Crippen LogP contribution < -0.4 is 10.6 Å². The van der Waals surface area contributed by atoms with E-state index in [-0.39, 0.29) is 6.29 Å². The second-order valence-corrected chi connectivity index (χ2v) is 3.67. The van der Waals surface area contributed by atoms with Gasteiger partial charge in [0.1, 0.15) is 0 Å². The zero-order valence-corrected chi connectivity index (χ0v) is 11.4. The number of thiocarbonyl (C=S) groups is 1. The molecule has 2 N–H and O–H groups in total. The smallest absolute Gasteiger partial charge is 0.174 e. The molecule has 100 valence electrons. The predicted octanol–water partition coefficient (Wildman–Crippen LogP) is 1.16. The summed E-state index contributed by atoms with van der Waals surface area (Å²) in [5.74, 6) is 0.597. The van der Waals surface area contributed by atoms with E-state index in [1.165, 1.54) is 0 Å². The van der Waals surface area contributed by atoms with Crippen molar-refractivity contribution in [2.75, 3.05) is 25.1 Å². The minimum absolute atomic E-state index is 0.304. The molecule has 0 bridgehead atoms. The summed E-state index contributed by atoms with van der Waals surface area (Å²) in [6.07, 6.45) is 4.48. The minimum Gasteiger partial charge on any atom is -0.357 e. The third-order valence-electron chi connectivity index (χ3n) is 1.94. The number of hydrogen-bond donors (Lipinski definition) is 2. The average molecular weight is 270 g/mol. The van der Waals surface area contributed by atoms with E-state index >= 15 is 0 Å². The van der Waals surface area contributed by atoms with Gasteiger partial charge in [-0.3, -0.25) is 4.98 Å². The quantitative estimate of drug-likeness (QED) is 0.569. The van der Waals surface area contributed by atoms with Crippen LogP contribution >= 0.6 is 12.2 Å². The first kappa shape index (κ1) is 14.7. The molecule has 1 heterocycles. The van der Waals surface area contributed by atoms with Crippen LogP contribution in [0.15, 0.2) is 18.6 Å². The van der Waals surface area contributed by atoms with Crippen molar-refractivity contribution in [1.82, 2.24) is 15.3 Å². The van der Waals surface area contributed by atoms with Crippen LogP contribution in [0.25, 0.3) is 0 Å². The summed E-state index contributed by atoms with van der Waals surface area (Å²) < 4.78 is 10.8. The van der Waals surface area contributed by atoms with Crippen molar-refractivity contribution in [2.24, 2.45) is 0 Å². The van der Waals surface area contributed by atoms with Crippen molar-refractivity contribution >= 4 is 23.1 Å². The van der Waals surface area contributed by atoms with Crippen molar-refractivity contribution in [3.63, 3.8) is 0 Å². The first-order chi connectivity index (χ1) is 8.76. The van der Waals surface area contributed by atoms with Gasteiger partial charge in [0.05, 0.1) is 12.7 Å². The summed E-state index contributed by atoms with van der Waals surface area (Å²) in [5.41, 5.74) is 0. The van der Waals surface area contributed by atoms with Crippen LogP contribution in [-0.2, 0) is 9.47 Å². The number of rotatable bonds is 7. The summed E-state index contributed by atoms with van der Waals surface area (Å²) in [6, 6.07) is 0. The summed E-state index contributed by atoms with van der Waals surface area (Å²) in [5, 5.41) is 6.38. The van der Waals surface area contributed by atoms with Crippen molar-refractivity contribution in [3.8, 4) is 0 Å². The molecule has 1 aromatic rings. The van der Waals surface area contributed by atoms with Crippen LogP contribution in [0.4, 0.5) is 5.82 Å². The monoisotopic (exact) mass is 270 g/mol. The molecule has 1 aromatic heterocycles. The lowest BCUT2D eigenvalue weighted by Gasteiger charge is -2.18. The van der Waals surface area contributed by atoms with E-state index in [1.54, 1.807) is 18.6 Å². The van der Waals surface area contributed by atoms with Gasteiger partial charge in [0.25, 0.3) is 0 Å². The van der Waals surface area contributed by atoms with E-state index in [2.05, 4.69) is 20.6 Å². The molecule has 0 aromatic carbocycles. The molecule has 0 saturated heterocycles. The van der Waals surface area contributed by atoms with Gasteiger partial charge in [0.2, 0.25) is 0 Å². The fraction of sp³-hybridized carbons (Fsp3) is 0.545. The maximum absolute atomic E-state index is 5.38. The highest BCUT2D eigenvalue weighted by molar-refractivity contribution is 7.80. The Morgan fingerprint density at radius 3 is 2.61 bits per heavy atom. The number of hydrogen-bond acceptors (Lipinski definition) is 5. The number of nitrogens with zero attached hydrogens (tertiary/aromatic N) is 2. The van der Waals surface area contributed by atoms with Crippen molar-refractivity contribution in [1.29, 1.82) is 0 Å². The van der Waals surface area contributed by atoms with Crippen LogP contribution in [-0.4, -0.2) is 41.1 Å². The van der Waals surface area contributed by atoms with Crippen molar-refractivity contribution in [2.45, 2.75) is 20.1 Å². The van der Waals surface area contributed by atoms with E-state index in [0.29, 0.717) is 30.7 Å². The van der Waals surface area contributed by atoms with E-state index in [4.69, 9.17) is 21.7 Å². The molecule has 1 rings (SSSR count). The van der Waals surface area contributed by atoms with Gasteiger partial charge in [0, 0.05) is 25.6 Å². The van der Waals surface area contributed by atoms with Gasteiger partial charge in [-0.2, -0.15) is 0 Å². The van der Waals surface area contributed by atoms with Crippen molar-refractivity contribution in [3.05, 3.63) is 18.6 Å². The third kappa shape index (κ3) is 5.85. The summed E-state index contributed by atoms with van der Waals surface area (Å²) >= 11 is 5.12. The van der Waals surface area contributed by atoms with E-state index in [1.807, 2.05) is 13.8 Å². The molecule has 0 aliphatic carbocycles. The van der Waals surface area contributed by atoms with Gasteiger partial charge < -0.3 is 20.1 Å². The molecule has 0 unspecified atom stereocenters. The first-order valence-electron chi connectivity index (χ1n) is 5.80. The SMILES string of the molecule is CCOC(CNC(=S)Nc1cnccn1)OCC. The van der Waals surface area contributed by atoms with Gasteiger partial charge >= 0.3 is 0 Å². The predicted molar refractivity (Wildman–Crippen MR) is 73.3 cm³/mol. The molecule has 0 fully saturated rings. The molecular formula is C11H18N4O2S.